The number of nitrogens with zero attached hydrogens (tertiary/aromatic N) is 4. The van der Waals surface area contributed by atoms with Gasteiger partial charge in [0.25, 0.3) is 11.8 Å². The van der Waals surface area contributed by atoms with Crippen molar-refractivity contribution in [1.29, 1.82) is 0 Å². The largest absolute Gasteiger partial charge is 0.493 e. The predicted octanol–water partition coefficient (Wildman–Crippen LogP) is 6.78. The smallest absolute Gasteiger partial charge is 0.333 e. The van der Waals surface area contributed by atoms with E-state index in [2.05, 4.69) is 40.1 Å². The number of carbonyl (C=O) groups excluding carboxylic acids is 2. The number of imidazole rings is 1. The topological polar surface area (TPSA) is 98.5 Å². The summed E-state index contributed by atoms with van der Waals surface area (Å²) in [6.07, 6.45) is 1.74. The Labute approximate surface area is 288 Å². The van der Waals surface area contributed by atoms with Crippen LogP contribution in [0.5, 0.6) is 5.75 Å². The van der Waals surface area contributed by atoms with Crippen molar-refractivity contribution in [3.05, 3.63) is 134 Å². The quantitative estimate of drug-likeness (QED) is 0.182. The molecule has 6 rings (SSSR count). The highest BCUT2D eigenvalue weighted by atomic mass is 79.9. The number of ether oxygens (including phenoxy) is 1. The van der Waals surface area contributed by atoms with Gasteiger partial charge in [-0.15, -0.1) is 0 Å². The molecule has 9 nitrogen and oxygen atoms in total. The Bertz CT molecular complexity index is 2020. The summed E-state index contributed by atoms with van der Waals surface area (Å²) in [7, 11) is 0. The molecule has 5 aromatic rings. The number of fused-ring (bicyclic) bond motifs is 1. The number of hydrogen-bond acceptors (Lipinski definition) is 5. The first-order valence-corrected chi connectivity index (χ1v) is 16.8. The minimum Gasteiger partial charge on any atom is -0.493 e. The fraction of sp³-hybridized carbons (Fsp3) is 0.263. The van der Waals surface area contributed by atoms with Crippen molar-refractivity contribution in [2.45, 2.75) is 53.4 Å². The highest BCUT2D eigenvalue weighted by Gasteiger charge is 2.35. The molecule has 10 heteroatoms. The number of hydrogen-bond donors (Lipinski definition) is 1. The van der Waals surface area contributed by atoms with Crippen LogP contribution in [0, 0.1) is 12.8 Å². The molecule has 0 saturated heterocycles. The van der Waals surface area contributed by atoms with Crippen LogP contribution in [-0.2, 0) is 19.6 Å². The number of carbonyl (C=O) groups is 2. The van der Waals surface area contributed by atoms with E-state index < -0.39 is 5.91 Å². The van der Waals surface area contributed by atoms with E-state index in [9.17, 15) is 14.4 Å². The Morgan fingerprint density at radius 2 is 1.77 bits per heavy atom. The number of rotatable bonds is 9. The predicted molar refractivity (Wildman–Crippen MR) is 189 cm³/mol. The zero-order valence-electron chi connectivity index (χ0n) is 27.4. The summed E-state index contributed by atoms with van der Waals surface area (Å²) in [5.41, 5.74) is 4.96. The fourth-order valence-electron chi connectivity index (χ4n) is 5.96. The van der Waals surface area contributed by atoms with Gasteiger partial charge in [0, 0.05) is 40.9 Å². The lowest BCUT2D eigenvalue weighted by atomic mass is 10.0. The Morgan fingerprint density at radius 1 is 1.02 bits per heavy atom. The number of aryl methyl sites for hydroxylation is 1. The third kappa shape index (κ3) is 6.71. The maximum absolute atomic E-state index is 14.3. The van der Waals surface area contributed by atoms with Gasteiger partial charge in [-0.1, -0.05) is 60.1 Å². The molecule has 0 saturated carbocycles. The molecule has 2 aromatic heterocycles. The van der Waals surface area contributed by atoms with Gasteiger partial charge in [-0.25, -0.2) is 4.79 Å². The maximum Gasteiger partial charge on any atom is 0.333 e. The van der Waals surface area contributed by atoms with Gasteiger partial charge in [-0.2, -0.15) is 0 Å². The van der Waals surface area contributed by atoms with Gasteiger partial charge in [-0.3, -0.25) is 23.7 Å². The molecule has 0 spiro atoms. The third-order valence-corrected chi connectivity index (χ3v) is 9.39. The summed E-state index contributed by atoms with van der Waals surface area (Å²) < 4.78 is 9.86. The van der Waals surface area contributed by atoms with Crippen LogP contribution in [-0.4, -0.2) is 43.5 Å². The Balaban J connectivity index is 1.38. The molecule has 1 aliphatic heterocycles. The van der Waals surface area contributed by atoms with Crippen molar-refractivity contribution in [2.24, 2.45) is 5.92 Å². The van der Waals surface area contributed by atoms with E-state index in [0.29, 0.717) is 35.2 Å². The minimum absolute atomic E-state index is 0.0974. The van der Waals surface area contributed by atoms with Crippen LogP contribution in [0.4, 0.5) is 0 Å². The maximum atomic E-state index is 14.3. The monoisotopic (exact) mass is 707 g/mol. The van der Waals surface area contributed by atoms with E-state index in [4.69, 9.17) is 4.74 Å². The Kier molecular flexibility index (Phi) is 9.63. The molecular formula is C38H38BrN5O4. The van der Waals surface area contributed by atoms with Crippen LogP contribution in [0.1, 0.15) is 58.4 Å². The van der Waals surface area contributed by atoms with Crippen molar-refractivity contribution in [1.82, 2.24) is 24.3 Å². The van der Waals surface area contributed by atoms with Gasteiger partial charge in [0.05, 0.1) is 30.2 Å². The van der Waals surface area contributed by atoms with Crippen LogP contribution in [0.15, 0.2) is 100 Å². The summed E-state index contributed by atoms with van der Waals surface area (Å²) in [6, 6.07) is 25.9. The van der Waals surface area contributed by atoms with Gasteiger partial charge in [0.1, 0.15) is 11.4 Å². The highest BCUT2D eigenvalue weighted by Crippen LogP contribution is 2.27. The van der Waals surface area contributed by atoms with E-state index in [1.54, 1.807) is 46.0 Å². The molecule has 2 amide bonds. The van der Waals surface area contributed by atoms with Crippen molar-refractivity contribution >= 4 is 27.7 Å². The molecule has 1 N–H and O–H groups in total. The Morgan fingerprint density at radius 3 is 2.48 bits per heavy atom. The lowest BCUT2D eigenvalue weighted by molar-refractivity contribution is 0.0610. The second-order valence-electron chi connectivity index (χ2n) is 12.5. The lowest BCUT2D eigenvalue weighted by Crippen LogP contribution is -2.47. The van der Waals surface area contributed by atoms with Crippen molar-refractivity contribution in [2.75, 3.05) is 6.61 Å². The summed E-state index contributed by atoms with van der Waals surface area (Å²) in [6.45, 7) is 9.13. The molecule has 0 bridgehead atoms. The summed E-state index contributed by atoms with van der Waals surface area (Å²) >= 11 is 3.51. The molecule has 1 aliphatic rings. The molecule has 0 unspecified atom stereocenters. The average molecular weight is 709 g/mol. The first-order chi connectivity index (χ1) is 23.1. The average Bonchev–Trinajstić information content (AvgIpc) is 3.38. The molecule has 246 valence electrons. The summed E-state index contributed by atoms with van der Waals surface area (Å²) in [5.74, 6) is 0.458. The zero-order chi connectivity index (χ0) is 33.9. The first-order valence-electron chi connectivity index (χ1n) is 16.0. The number of halogens is 1. The second-order valence-corrected chi connectivity index (χ2v) is 13.4. The first kappa shape index (κ1) is 33.0. The fourth-order valence-corrected chi connectivity index (χ4v) is 6.21. The molecular weight excluding hydrogens is 670 g/mol. The molecule has 1 atom stereocenters. The molecule has 0 fully saturated rings. The number of nitrogens with one attached hydrogen (secondary N) is 1. The van der Waals surface area contributed by atoms with Crippen LogP contribution < -0.4 is 15.7 Å². The van der Waals surface area contributed by atoms with E-state index in [1.165, 1.54) is 4.57 Å². The van der Waals surface area contributed by atoms with E-state index >= 15 is 0 Å². The van der Waals surface area contributed by atoms with Crippen molar-refractivity contribution < 1.29 is 14.3 Å². The molecule has 0 radical (unpaired) electrons. The van der Waals surface area contributed by atoms with E-state index in [1.807, 2.05) is 68.4 Å². The molecule has 3 aromatic carbocycles. The standard InChI is InChI=1S/C38H38BrN5O4/c1-24(2)23-48-30-15-13-29(14-16-30)44-35(36(45)41-20-28-9-5-6-10-31(28)33-11-7-8-18-40-33)34-22-42(26(4)21-43(34)38(44)47)37(46)27-12-17-32(39)25(3)19-27/h5-19,24,26H,20-23H2,1-4H3,(H,41,45)/t26-/m1/s1. The summed E-state index contributed by atoms with van der Waals surface area (Å²) in [4.78, 5) is 48.5. The highest BCUT2D eigenvalue weighted by molar-refractivity contribution is 9.10. The van der Waals surface area contributed by atoms with Gasteiger partial charge in [-0.05, 0) is 85.5 Å². The van der Waals surface area contributed by atoms with Crippen LogP contribution in [0.2, 0.25) is 0 Å². The minimum atomic E-state index is -0.418. The van der Waals surface area contributed by atoms with Gasteiger partial charge in [0.2, 0.25) is 0 Å². The van der Waals surface area contributed by atoms with Crippen LogP contribution in [0.25, 0.3) is 16.9 Å². The van der Waals surface area contributed by atoms with E-state index in [0.717, 1.165) is 26.9 Å². The van der Waals surface area contributed by atoms with Crippen molar-refractivity contribution in [3.63, 3.8) is 0 Å². The number of aromatic nitrogens is 3. The third-order valence-electron chi connectivity index (χ3n) is 8.50. The van der Waals surface area contributed by atoms with Crippen LogP contribution in [0.3, 0.4) is 0 Å². The van der Waals surface area contributed by atoms with Gasteiger partial charge in [0.15, 0.2) is 0 Å². The molecule has 0 aliphatic carbocycles. The van der Waals surface area contributed by atoms with Gasteiger partial charge < -0.3 is 15.0 Å². The lowest BCUT2D eigenvalue weighted by Gasteiger charge is -2.34. The summed E-state index contributed by atoms with van der Waals surface area (Å²) in [5, 5.41) is 3.07. The SMILES string of the molecule is Cc1cc(C(=O)N2Cc3c(C(=O)NCc4ccccc4-c4ccccn4)n(-c4ccc(OCC(C)C)cc4)c(=O)n3C[C@H]2C)ccc1Br. The number of amides is 2. The molecule has 3 heterocycles. The van der Waals surface area contributed by atoms with Gasteiger partial charge >= 0.3 is 5.69 Å². The zero-order valence-corrected chi connectivity index (χ0v) is 29.0. The molecule has 48 heavy (non-hydrogen) atoms. The normalized spacial score (nSPS) is 14.1. The number of benzene rings is 3. The van der Waals surface area contributed by atoms with Crippen LogP contribution >= 0.6 is 15.9 Å². The van der Waals surface area contributed by atoms with Crippen molar-refractivity contribution in [3.8, 4) is 22.7 Å². The second kappa shape index (κ2) is 14.0. The number of pyridine rings is 1. The van der Waals surface area contributed by atoms with E-state index in [-0.39, 0.29) is 43.0 Å². The Hall–Kier alpha value is -4.96.